The van der Waals surface area contributed by atoms with Crippen molar-refractivity contribution in [2.45, 2.75) is 51.7 Å². The number of hydrogen-bond donors (Lipinski definition) is 2. The SMILES string of the molecule is COC(CN)CC(=O)NC(C)c1ccc(C(C)(C)C)cc1. The van der Waals surface area contributed by atoms with Crippen molar-refractivity contribution in [3.63, 3.8) is 0 Å². The molecule has 2 unspecified atom stereocenters. The zero-order valence-corrected chi connectivity index (χ0v) is 13.8. The minimum atomic E-state index is -0.222. The monoisotopic (exact) mass is 292 g/mol. The molecule has 118 valence electrons. The molecule has 0 saturated heterocycles. The standard InChI is InChI=1S/C17H28N2O2/c1-12(19-16(20)10-15(11-18)21-5)13-6-8-14(9-7-13)17(2,3)4/h6-9,12,15H,10-11,18H2,1-5H3,(H,19,20). The maximum Gasteiger partial charge on any atom is 0.223 e. The Kier molecular flexibility index (Phi) is 6.37. The van der Waals surface area contributed by atoms with Gasteiger partial charge in [0, 0.05) is 13.7 Å². The molecular weight excluding hydrogens is 264 g/mol. The number of nitrogens with two attached hydrogens (primary N) is 1. The first-order valence-electron chi connectivity index (χ1n) is 7.40. The molecule has 4 heteroatoms. The van der Waals surface area contributed by atoms with Crippen molar-refractivity contribution in [1.29, 1.82) is 0 Å². The van der Waals surface area contributed by atoms with Crippen molar-refractivity contribution in [2.24, 2.45) is 5.73 Å². The number of rotatable bonds is 6. The largest absolute Gasteiger partial charge is 0.380 e. The molecule has 1 aromatic carbocycles. The van der Waals surface area contributed by atoms with Crippen LogP contribution in [0.15, 0.2) is 24.3 Å². The predicted molar refractivity (Wildman–Crippen MR) is 86.2 cm³/mol. The first-order valence-corrected chi connectivity index (χ1v) is 7.40. The van der Waals surface area contributed by atoms with Gasteiger partial charge < -0.3 is 15.8 Å². The van der Waals surface area contributed by atoms with Crippen LogP contribution >= 0.6 is 0 Å². The summed E-state index contributed by atoms with van der Waals surface area (Å²) in [6, 6.07) is 8.36. The highest BCUT2D eigenvalue weighted by Gasteiger charge is 2.16. The van der Waals surface area contributed by atoms with E-state index in [9.17, 15) is 4.79 Å². The molecule has 0 saturated carbocycles. The molecule has 1 aromatic rings. The Bertz CT molecular complexity index is 445. The third-order valence-electron chi connectivity index (χ3n) is 3.66. The van der Waals surface area contributed by atoms with E-state index in [1.54, 1.807) is 7.11 Å². The quantitative estimate of drug-likeness (QED) is 0.847. The van der Waals surface area contributed by atoms with Gasteiger partial charge in [-0.3, -0.25) is 4.79 Å². The molecule has 0 aliphatic heterocycles. The highest BCUT2D eigenvalue weighted by molar-refractivity contribution is 5.77. The number of benzene rings is 1. The lowest BCUT2D eigenvalue weighted by Crippen LogP contribution is -2.33. The first-order chi connectivity index (χ1) is 9.77. The van der Waals surface area contributed by atoms with Crippen molar-refractivity contribution >= 4 is 5.91 Å². The molecule has 1 rings (SSSR count). The Hall–Kier alpha value is -1.39. The molecule has 4 nitrogen and oxygen atoms in total. The Balaban J connectivity index is 2.63. The molecule has 0 aliphatic rings. The molecule has 0 radical (unpaired) electrons. The summed E-state index contributed by atoms with van der Waals surface area (Å²) in [4.78, 5) is 11.9. The van der Waals surface area contributed by atoms with Crippen LogP contribution < -0.4 is 11.1 Å². The van der Waals surface area contributed by atoms with Crippen LogP contribution in [0.3, 0.4) is 0 Å². The van der Waals surface area contributed by atoms with Crippen molar-refractivity contribution < 1.29 is 9.53 Å². The number of carbonyl (C=O) groups excluding carboxylic acids is 1. The lowest BCUT2D eigenvalue weighted by atomic mass is 9.86. The average molecular weight is 292 g/mol. The van der Waals surface area contributed by atoms with Crippen molar-refractivity contribution in [3.8, 4) is 0 Å². The second-order valence-electron chi connectivity index (χ2n) is 6.46. The zero-order valence-electron chi connectivity index (χ0n) is 13.8. The summed E-state index contributed by atoms with van der Waals surface area (Å²) in [7, 11) is 1.57. The summed E-state index contributed by atoms with van der Waals surface area (Å²) < 4.78 is 5.12. The first kappa shape index (κ1) is 17.7. The minimum absolute atomic E-state index is 0.0261. The molecule has 1 amide bonds. The smallest absolute Gasteiger partial charge is 0.223 e. The fraction of sp³-hybridized carbons (Fsp3) is 0.588. The van der Waals surface area contributed by atoms with Gasteiger partial charge in [-0.1, -0.05) is 45.0 Å². The molecule has 2 atom stereocenters. The Morgan fingerprint density at radius 1 is 1.29 bits per heavy atom. The van der Waals surface area contributed by atoms with Gasteiger partial charge in [0.25, 0.3) is 0 Å². The van der Waals surface area contributed by atoms with E-state index in [-0.39, 0.29) is 29.9 Å². The van der Waals surface area contributed by atoms with E-state index in [2.05, 4.69) is 50.4 Å². The van der Waals surface area contributed by atoms with Crippen LogP contribution in [0.2, 0.25) is 0 Å². The van der Waals surface area contributed by atoms with Crippen molar-refractivity contribution in [2.75, 3.05) is 13.7 Å². The lowest BCUT2D eigenvalue weighted by Gasteiger charge is -2.21. The van der Waals surface area contributed by atoms with Crippen molar-refractivity contribution in [3.05, 3.63) is 35.4 Å². The van der Waals surface area contributed by atoms with Gasteiger partial charge in [-0.2, -0.15) is 0 Å². The van der Waals surface area contributed by atoms with Crippen LogP contribution in [-0.2, 0) is 14.9 Å². The number of amides is 1. The maximum absolute atomic E-state index is 11.9. The number of carbonyl (C=O) groups is 1. The highest BCUT2D eigenvalue weighted by atomic mass is 16.5. The molecular formula is C17H28N2O2. The van der Waals surface area contributed by atoms with Crippen LogP contribution in [0.25, 0.3) is 0 Å². The summed E-state index contributed by atoms with van der Waals surface area (Å²) in [6.45, 7) is 8.88. The number of nitrogens with one attached hydrogen (secondary N) is 1. The molecule has 0 heterocycles. The summed E-state index contributed by atoms with van der Waals surface area (Å²) >= 11 is 0. The van der Waals surface area contributed by atoms with Gasteiger partial charge in [0.1, 0.15) is 0 Å². The molecule has 21 heavy (non-hydrogen) atoms. The van der Waals surface area contributed by atoms with E-state index in [4.69, 9.17) is 10.5 Å². The molecule has 0 spiro atoms. The Morgan fingerprint density at radius 2 is 1.86 bits per heavy atom. The van der Waals surface area contributed by atoms with E-state index in [0.29, 0.717) is 6.54 Å². The zero-order chi connectivity index (χ0) is 16.0. The minimum Gasteiger partial charge on any atom is -0.380 e. The van der Waals surface area contributed by atoms with Gasteiger partial charge in [0.15, 0.2) is 0 Å². The Labute approximate surface area is 128 Å². The number of ether oxygens (including phenoxy) is 1. The molecule has 3 N–H and O–H groups in total. The third kappa shape index (κ3) is 5.48. The van der Waals surface area contributed by atoms with E-state index >= 15 is 0 Å². The van der Waals surface area contributed by atoms with E-state index in [1.807, 2.05) is 6.92 Å². The summed E-state index contributed by atoms with van der Waals surface area (Å²) in [5.74, 6) is -0.0419. The van der Waals surface area contributed by atoms with Crippen LogP contribution in [-0.4, -0.2) is 25.7 Å². The van der Waals surface area contributed by atoms with Gasteiger partial charge in [-0.05, 0) is 23.5 Å². The van der Waals surface area contributed by atoms with Crippen LogP contribution in [0.5, 0.6) is 0 Å². The second-order valence-corrected chi connectivity index (χ2v) is 6.46. The normalized spacial score (nSPS) is 14.6. The average Bonchev–Trinajstić information content (AvgIpc) is 2.43. The topological polar surface area (TPSA) is 64.3 Å². The highest BCUT2D eigenvalue weighted by Crippen LogP contribution is 2.23. The molecule has 0 aromatic heterocycles. The van der Waals surface area contributed by atoms with Crippen LogP contribution in [0, 0.1) is 0 Å². The summed E-state index contributed by atoms with van der Waals surface area (Å²) in [5.41, 5.74) is 8.04. The van der Waals surface area contributed by atoms with Gasteiger partial charge >= 0.3 is 0 Å². The summed E-state index contributed by atoms with van der Waals surface area (Å²) in [6.07, 6.45) is 0.0673. The van der Waals surface area contributed by atoms with Crippen molar-refractivity contribution in [1.82, 2.24) is 5.32 Å². The molecule has 0 bridgehead atoms. The fourth-order valence-corrected chi connectivity index (χ4v) is 2.13. The van der Waals surface area contributed by atoms with Crippen LogP contribution in [0.1, 0.15) is 51.3 Å². The predicted octanol–water partition coefficient (Wildman–Crippen LogP) is 2.53. The van der Waals surface area contributed by atoms with Gasteiger partial charge in [-0.25, -0.2) is 0 Å². The third-order valence-corrected chi connectivity index (χ3v) is 3.66. The van der Waals surface area contributed by atoms with E-state index in [0.717, 1.165) is 5.56 Å². The summed E-state index contributed by atoms with van der Waals surface area (Å²) in [5, 5.41) is 2.98. The maximum atomic E-state index is 11.9. The van der Waals surface area contributed by atoms with Gasteiger partial charge in [0.2, 0.25) is 5.91 Å². The van der Waals surface area contributed by atoms with E-state index < -0.39 is 0 Å². The lowest BCUT2D eigenvalue weighted by molar-refractivity contribution is -0.124. The second kappa shape index (κ2) is 7.57. The number of hydrogen-bond acceptors (Lipinski definition) is 3. The fourth-order valence-electron chi connectivity index (χ4n) is 2.13. The van der Waals surface area contributed by atoms with Crippen LogP contribution in [0.4, 0.5) is 0 Å². The Morgan fingerprint density at radius 3 is 2.29 bits per heavy atom. The van der Waals surface area contributed by atoms with Gasteiger partial charge in [0.05, 0.1) is 18.6 Å². The van der Waals surface area contributed by atoms with Gasteiger partial charge in [-0.15, -0.1) is 0 Å². The molecule has 0 aliphatic carbocycles. The number of methoxy groups -OCH3 is 1. The molecule has 0 fully saturated rings. The van der Waals surface area contributed by atoms with E-state index in [1.165, 1.54) is 5.56 Å².